The Morgan fingerprint density at radius 3 is 2.74 bits per heavy atom. The van der Waals surface area contributed by atoms with Gasteiger partial charge >= 0.3 is 5.97 Å². The summed E-state index contributed by atoms with van der Waals surface area (Å²) in [4.78, 5) is 28.7. The van der Waals surface area contributed by atoms with Crippen LogP contribution in [-0.4, -0.2) is 50.2 Å². The second kappa shape index (κ2) is 5.38. The van der Waals surface area contributed by atoms with E-state index in [-0.39, 0.29) is 18.3 Å². The number of rotatable bonds is 6. The van der Waals surface area contributed by atoms with Gasteiger partial charge in [0.25, 0.3) is 5.91 Å². The molecule has 1 aliphatic carbocycles. The monoisotopic (exact) mass is 266 g/mol. The Hall–Kier alpha value is -1.92. The molecule has 19 heavy (non-hydrogen) atoms. The summed E-state index contributed by atoms with van der Waals surface area (Å²) >= 11 is 0. The molecule has 0 radical (unpaired) electrons. The third kappa shape index (κ3) is 3.10. The van der Waals surface area contributed by atoms with E-state index >= 15 is 0 Å². The number of hydrogen-bond donors (Lipinski definition) is 2. The van der Waals surface area contributed by atoms with E-state index in [1.165, 1.54) is 4.90 Å². The van der Waals surface area contributed by atoms with Crippen LogP contribution in [0.4, 0.5) is 0 Å². The second-order valence-electron chi connectivity index (χ2n) is 4.90. The van der Waals surface area contributed by atoms with E-state index in [0.717, 1.165) is 18.7 Å². The molecule has 1 aromatic rings. The number of carbonyl (C=O) groups excluding carboxylic acids is 1. The van der Waals surface area contributed by atoms with Crippen molar-refractivity contribution in [2.24, 2.45) is 5.92 Å². The average molecular weight is 266 g/mol. The summed E-state index contributed by atoms with van der Waals surface area (Å²) in [6.45, 7) is 3.98. The van der Waals surface area contributed by atoms with Gasteiger partial charge in [0.05, 0.1) is 5.92 Å². The first-order valence-electron chi connectivity index (χ1n) is 6.47. The quantitative estimate of drug-likeness (QED) is 0.795. The molecular formula is C12H18N4O3. The molecule has 0 aliphatic heterocycles. The molecule has 1 aromatic heterocycles. The number of aromatic amines is 1. The summed E-state index contributed by atoms with van der Waals surface area (Å²) in [7, 11) is 0. The number of carbonyl (C=O) groups is 2. The van der Waals surface area contributed by atoms with Gasteiger partial charge in [0.2, 0.25) is 5.82 Å². The minimum Gasteiger partial charge on any atom is -0.481 e. The predicted molar refractivity (Wildman–Crippen MR) is 66.7 cm³/mol. The number of nitrogens with zero attached hydrogens (tertiary/aromatic N) is 3. The highest BCUT2D eigenvalue weighted by molar-refractivity contribution is 5.90. The van der Waals surface area contributed by atoms with Crippen molar-refractivity contribution in [3.05, 3.63) is 11.6 Å². The lowest BCUT2D eigenvalue weighted by atomic mass is 10.1. The number of amides is 1. The highest BCUT2D eigenvalue weighted by Gasteiger charge is 2.29. The molecule has 0 aromatic carbocycles. The van der Waals surface area contributed by atoms with Crippen molar-refractivity contribution in [1.82, 2.24) is 20.1 Å². The number of hydrogen-bond acceptors (Lipinski definition) is 4. The third-order valence-electron chi connectivity index (χ3n) is 3.24. The Morgan fingerprint density at radius 2 is 2.21 bits per heavy atom. The molecule has 7 nitrogen and oxygen atoms in total. The van der Waals surface area contributed by atoms with Crippen LogP contribution in [0.1, 0.15) is 49.1 Å². The van der Waals surface area contributed by atoms with E-state index in [9.17, 15) is 9.59 Å². The topological polar surface area (TPSA) is 99.2 Å². The van der Waals surface area contributed by atoms with Crippen molar-refractivity contribution < 1.29 is 14.7 Å². The molecular weight excluding hydrogens is 248 g/mol. The molecule has 1 fully saturated rings. The molecule has 2 rings (SSSR count). The Balaban J connectivity index is 2.04. The lowest BCUT2D eigenvalue weighted by molar-refractivity contribution is -0.141. The van der Waals surface area contributed by atoms with Crippen molar-refractivity contribution in [2.45, 2.75) is 32.6 Å². The molecule has 0 saturated heterocycles. The Kier molecular flexibility index (Phi) is 3.82. The summed E-state index contributed by atoms with van der Waals surface area (Å²) in [5.74, 6) is -0.557. The van der Waals surface area contributed by atoms with Gasteiger partial charge in [-0.3, -0.25) is 14.7 Å². The summed E-state index contributed by atoms with van der Waals surface area (Å²) in [6.07, 6.45) is 2.16. The normalized spacial score (nSPS) is 16.1. The van der Waals surface area contributed by atoms with Crippen molar-refractivity contribution in [3.8, 4) is 0 Å². The van der Waals surface area contributed by atoms with Gasteiger partial charge < -0.3 is 10.0 Å². The van der Waals surface area contributed by atoms with Crippen LogP contribution in [0.2, 0.25) is 0 Å². The minimum atomic E-state index is -0.917. The fraction of sp³-hybridized carbons (Fsp3) is 0.667. The summed E-state index contributed by atoms with van der Waals surface area (Å²) in [5.41, 5.74) is 0. The first kappa shape index (κ1) is 13.5. The molecule has 1 heterocycles. The Bertz CT molecular complexity index is 481. The summed E-state index contributed by atoms with van der Waals surface area (Å²) < 4.78 is 0. The van der Waals surface area contributed by atoms with Crippen LogP contribution in [0.3, 0.4) is 0 Å². The van der Waals surface area contributed by atoms with Crippen LogP contribution in [0.15, 0.2) is 0 Å². The van der Waals surface area contributed by atoms with Crippen molar-refractivity contribution in [2.75, 3.05) is 13.1 Å². The molecule has 0 bridgehead atoms. The fourth-order valence-electron chi connectivity index (χ4n) is 1.82. The van der Waals surface area contributed by atoms with Gasteiger partial charge in [-0.25, -0.2) is 4.98 Å². The first-order valence-corrected chi connectivity index (χ1v) is 6.47. The third-order valence-corrected chi connectivity index (χ3v) is 3.24. The zero-order valence-corrected chi connectivity index (χ0v) is 11.1. The van der Waals surface area contributed by atoms with Crippen LogP contribution in [0.5, 0.6) is 0 Å². The van der Waals surface area contributed by atoms with E-state index in [1.54, 1.807) is 13.8 Å². The summed E-state index contributed by atoms with van der Waals surface area (Å²) in [6, 6.07) is 0. The van der Waals surface area contributed by atoms with E-state index in [1.807, 2.05) is 0 Å². The standard InChI is InChI=1S/C12H18N4O3/c1-3-16(6-7(2)12(18)19)11(17)10-13-9(14-15-10)8-4-5-8/h7-8H,3-6H2,1-2H3,(H,18,19)(H,13,14,15). The van der Waals surface area contributed by atoms with Gasteiger partial charge in [0.1, 0.15) is 5.82 Å². The number of H-pyrrole nitrogens is 1. The van der Waals surface area contributed by atoms with Gasteiger partial charge in [-0.15, -0.1) is 5.10 Å². The zero-order chi connectivity index (χ0) is 14.0. The molecule has 1 saturated carbocycles. The van der Waals surface area contributed by atoms with E-state index in [2.05, 4.69) is 15.2 Å². The van der Waals surface area contributed by atoms with Crippen LogP contribution in [0.25, 0.3) is 0 Å². The SMILES string of the molecule is CCN(CC(C)C(=O)O)C(=O)c1n[nH]c(C2CC2)n1. The molecule has 104 valence electrons. The number of nitrogens with one attached hydrogen (secondary N) is 1. The number of carboxylic acid groups (broad SMARTS) is 1. The number of aromatic nitrogens is 3. The van der Waals surface area contributed by atoms with Gasteiger partial charge in [0.15, 0.2) is 0 Å². The maximum absolute atomic E-state index is 12.2. The smallest absolute Gasteiger partial charge is 0.308 e. The molecule has 1 amide bonds. The lowest BCUT2D eigenvalue weighted by Gasteiger charge is -2.21. The zero-order valence-electron chi connectivity index (χ0n) is 11.1. The Labute approximate surface area is 111 Å². The molecule has 1 atom stereocenters. The van der Waals surface area contributed by atoms with Crippen molar-refractivity contribution in [3.63, 3.8) is 0 Å². The molecule has 1 aliphatic rings. The Morgan fingerprint density at radius 1 is 1.53 bits per heavy atom. The lowest BCUT2D eigenvalue weighted by Crippen LogP contribution is -2.37. The minimum absolute atomic E-state index is 0.126. The largest absolute Gasteiger partial charge is 0.481 e. The van der Waals surface area contributed by atoms with Crippen LogP contribution in [0, 0.1) is 5.92 Å². The van der Waals surface area contributed by atoms with Gasteiger partial charge in [0, 0.05) is 19.0 Å². The average Bonchev–Trinajstić information content (AvgIpc) is 3.12. The molecule has 2 N–H and O–H groups in total. The second-order valence-corrected chi connectivity index (χ2v) is 4.90. The van der Waals surface area contributed by atoms with Gasteiger partial charge in [-0.1, -0.05) is 6.92 Å². The first-order chi connectivity index (χ1) is 9.02. The van der Waals surface area contributed by atoms with Crippen LogP contribution >= 0.6 is 0 Å². The van der Waals surface area contributed by atoms with Crippen molar-refractivity contribution >= 4 is 11.9 Å². The maximum atomic E-state index is 12.2. The van der Waals surface area contributed by atoms with Gasteiger partial charge in [-0.2, -0.15) is 0 Å². The molecule has 7 heteroatoms. The maximum Gasteiger partial charge on any atom is 0.308 e. The highest BCUT2D eigenvalue weighted by Crippen LogP contribution is 2.37. The van der Waals surface area contributed by atoms with E-state index in [0.29, 0.717) is 12.5 Å². The number of carboxylic acids is 1. The molecule has 0 spiro atoms. The van der Waals surface area contributed by atoms with E-state index < -0.39 is 11.9 Å². The highest BCUT2D eigenvalue weighted by atomic mass is 16.4. The molecule has 1 unspecified atom stereocenters. The van der Waals surface area contributed by atoms with Crippen LogP contribution in [-0.2, 0) is 4.79 Å². The fourth-order valence-corrected chi connectivity index (χ4v) is 1.82. The number of aliphatic carboxylic acids is 1. The van der Waals surface area contributed by atoms with Crippen LogP contribution < -0.4 is 0 Å². The predicted octanol–water partition coefficient (Wildman–Crippen LogP) is 0.865. The van der Waals surface area contributed by atoms with Gasteiger partial charge in [-0.05, 0) is 19.8 Å². The van der Waals surface area contributed by atoms with Crippen molar-refractivity contribution in [1.29, 1.82) is 0 Å². The van der Waals surface area contributed by atoms with E-state index in [4.69, 9.17) is 5.11 Å². The summed E-state index contributed by atoms with van der Waals surface area (Å²) in [5, 5.41) is 15.6.